The van der Waals surface area contributed by atoms with Crippen LogP contribution in [0.2, 0.25) is 5.22 Å². The number of anilines is 1. The molecule has 0 saturated heterocycles. The molecule has 146 valence electrons. The summed E-state index contributed by atoms with van der Waals surface area (Å²) < 4.78 is 56.6. The van der Waals surface area contributed by atoms with E-state index < -0.39 is 22.3 Å². The Labute approximate surface area is 164 Å². The number of fused-ring (bicyclic) bond motifs is 1. The molecule has 0 radical (unpaired) electrons. The molecule has 0 bridgehead atoms. The van der Waals surface area contributed by atoms with Crippen molar-refractivity contribution in [1.82, 2.24) is 9.97 Å². The van der Waals surface area contributed by atoms with E-state index in [9.17, 15) is 17.2 Å². The van der Waals surface area contributed by atoms with Crippen LogP contribution in [0.4, 0.5) is 14.5 Å². The summed E-state index contributed by atoms with van der Waals surface area (Å²) in [5, 5.41) is -0.252. The predicted octanol–water partition coefficient (Wildman–Crippen LogP) is 4.22. The number of alkyl halides is 2. The standard InChI is InChI=1S/C18H14ClF2N3O3S/c19-16-15(23-18(27-16)17(20)21)12-5-6-13(22-9-12)10-24-14-4-2-1-3-11(14)7-8-28(24,25)26/h1-6,9,17H,7-8,10H2. The molecule has 10 heteroatoms. The quantitative estimate of drug-likeness (QED) is 0.625. The molecule has 6 nitrogen and oxygen atoms in total. The zero-order valence-corrected chi connectivity index (χ0v) is 15.9. The summed E-state index contributed by atoms with van der Waals surface area (Å²) in [5.41, 5.74) is 2.56. The molecule has 0 N–H and O–H groups in total. The van der Waals surface area contributed by atoms with Crippen LogP contribution in [0.5, 0.6) is 0 Å². The SMILES string of the molecule is O=S1(=O)CCc2ccccc2N1Cc1ccc(-c2nc(C(F)F)oc2Cl)cn1. The van der Waals surface area contributed by atoms with Gasteiger partial charge in [0.2, 0.25) is 15.2 Å². The number of para-hydroxylation sites is 1. The number of aromatic nitrogens is 2. The van der Waals surface area contributed by atoms with Crippen molar-refractivity contribution < 1.29 is 21.6 Å². The number of sulfonamides is 1. The van der Waals surface area contributed by atoms with Crippen molar-refractivity contribution in [3.05, 3.63) is 65.0 Å². The molecule has 1 aromatic carbocycles. The molecule has 0 saturated carbocycles. The van der Waals surface area contributed by atoms with Crippen molar-refractivity contribution in [3.63, 3.8) is 0 Å². The first-order valence-corrected chi connectivity index (χ1v) is 10.3. The van der Waals surface area contributed by atoms with Gasteiger partial charge in [-0.15, -0.1) is 0 Å². The number of pyridine rings is 1. The van der Waals surface area contributed by atoms with Gasteiger partial charge in [0.1, 0.15) is 5.69 Å². The van der Waals surface area contributed by atoms with E-state index in [0.29, 0.717) is 23.4 Å². The van der Waals surface area contributed by atoms with Crippen LogP contribution >= 0.6 is 11.6 Å². The number of rotatable bonds is 4. The molecule has 1 aliphatic rings. The Bertz CT molecular complexity index is 1120. The molecule has 4 rings (SSSR count). The van der Waals surface area contributed by atoms with Crippen molar-refractivity contribution in [2.75, 3.05) is 10.1 Å². The lowest BCUT2D eigenvalue weighted by Gasteiger charge is -2.30. The Morgan fingerprint density at radius 1 is 1.21 bits per heavy atom. The van der Waals surface area contributed by atoms with Crippen molar-refractivity contribution in [1.29, 1.82) is 0 Å². The second-order valence-electron chi connectivity index (χ2n) is 6.21. The number of nitrogens with zero attached hydrogens (tertiary/aromatic N) is 3. The summed E-state index contributed by atoms with van der Waals surface area (Å²) in [6.45, 7) is 0.0639. The highest BCUT2D eigenvalue weighted by molar-refractivity contribution is 7.92. The summed E-state index contributed by atoms with van der Waals surface area (Å²) in [5.74, 6) is -0.729. The molecular weight excluding hydrogens is 412 g/mol. The van der Waals surface area contributed by atoms with Gasteiger partial charge in [-0.2, -0.15) is 8.78 Å². The molecule has 3 heterocycles. The van der Waals surface area contributed by atoms with E-state index in [4.69, 9.17) is 16.0 Å². The van der Waals surface area contributed by atoms with Gasteiger partial charge >= 0.3 is 6.43 Å². The van der Waals surface area contributed by atoms with Gasteiger partial charge in [0.25, 0.3) is 5.89 Å². The van der Waals surface area contributed by atoms with Crippen LogP contribution in [0.25, 0.3) is 11.3 Å². The van der Waals surface area contributed by atoms with Crippen LogP contribution in [0.15, 0.2) is 47.0 Å². The highest BCUT2D eigenvalue weighted by atomic mass is 35.5. The maximum Gasteiger partial charge on any atom is 0.313 e. The summed E-state index contributed by atoms with van der Waals surface area (Å²) in [6, 6.07) is 10.5. The van der Waals surface area contributed by atoms with Crippen LogP contribution < -0.4 is 4.31 Å². The Morgan fingerprint density at radius 2 is 2.00 bits per heavy atom. The van der Waals surface area contributed by atoms with Gasteiger partial charge in [0.15, 0.2) is 0 Å². The third-order valence-corrected chi connectivity index (χ3v) is 6.39. The monoisotopic (exact) mass is 425 g/mol. The molecule has 28 heavy (non-hydrogen) atoms. The Kier molecular flexibility index (Phi) is 4.80. The van der Waals surface area contributed by atoms with E-state index in [-0.39, 0.29) is 23.2 Å². The molecular formula is C18H14ClF2N3O3S. The average Bonchev–Trinajstić information content (AvgIpc) is 3.07. The lowest BCUT2D eigenvalue weighted by atomic mass is 10.1. The van der Waals surface area contributed by atoms with Crippen LogP contribution in [-0.4, -0.2) is 24.1 Å². The van der Waals surface area contributed by atoms with Crippen LogP contribution in [0, 0.1) is 0 Å². The molecule has 0 aliphatic carbocycles. The van der Waals surface area contributed by atoms with E-state index >= 15 is 0 Å². The van der Waals surface area contributed by atoms with Gasteiger partial charge in [-0.1, -0.05) is 18.2 Å². The lowest BCUT2D eigenvalue weighted by molar-refractivity contribution is 0.115. The van der Waals surface area contributed by atoms with Crippen molar-refractivity contribution in [2.45, 2.75) is 19.4 Å². The van der Waals surface area contributed by atoms with Gasteiger partial charge in [-0.25, -0.2) is 13.4 Å². The molecule has 0 atom stereocenters. The topological polar surface area (TPSA) is 76.3 Å². The van der Waals surface area contributed by atoms with Gasteiger partial charge in [0.05, 0.1) is 23.7 Å². The number of aryl methyl sites for hydroxylation is 1. The summed E-state index contributed by atoms with van der Waals surface area (Å²) >= 11 is 5.83. The number of hydrogen-bond acceptors (Lipinski definition) is 5. The number of halogens is 3. The zero-order chi connectivity index (χ0) is 19.9. The fourth-order valence-corrected chi connectivity index (χ4v) is 4.78. The number of oxazole rings is 1. The third kappa shape index (κ3) is 3.47. The Hall–Kier alpha value is -2.52. The predicted molar refractivity (Wildman–Crippen MR) is 99.8 cm³/mol. The minimum Gasteiger partial charge on any atom is -0.423 e. The van der Waals surface area contributed by atoms with Crippen molar-refractivity contribution >= 4 is 27.3 Å². The molecule has 1 aliphatic heterocycles. The maximum atomic E-state index is 12.7. The first kappa shape index (κ1) is 18.8. The Morgan fingerprint density at radius 3 is 2.68 bits per heavy atom. The number of hydrogen-bond donors (Lipinski definition) is 0. The van der Waals surface area contributed by atoms with Gasteiger partial charge in [-0.3, -0.25) is 9.29 Å². The third-order valence-electron chi connectivity index (χ3n) is 4.42. The van der Waals surface area contributed by atoms with E-state index in [0.717, 1.165) is 5.56 Å². The van der Waals surface area contributed by atoms with Crippen LogP contribution in [-0.2, 0) is 23.0 Å². The zero-order valence-electron chi connectivity index (χ0n) is 14.3. The average molecular weight is 426 g/mol. The van der Waals surface area contributed by atoms with Gasteiger partial charge in [0, 0.05) is 11.8 Å². The summed E-state index contributed by atoms with van der Waals surface area (Å²) in [6.07, 6.45) is -1.00. The molecule has 0 amide bonds. The fraction of sp³-hybridized carbons (Fsp3) is 0.222. The number of benzene rings is 1. The summed E-state index contributed by atoms with van der Waals surface area (Å²) in [4.78, 5) is 7.93. The highest BCUT2D eigenvalue weighted by Gasteiger charge is 2.29. The van der Waals surface area contributed by atoms with Gasteiger partial charge < -0.3 is 4.42 Å². The second-order valence-corrected chi connectivity index (χ2v) is 8.57. The maximum absolute atomic E-state index is 12.7. The van der Waals surface area contributed by atoms with E-state index in [1.165, 1.54) is 10.5 Å². The Balaban J connectivity index is 1.62. The second kappa shape index (κ2) is 7.14. The summed E-state index contributed by atoms with van der Waals surface area (Å²) in [7, 11) is -3.45. The van der Waals surface area contributed by atoms with Crippen LogP contribution in [0.3, 0.4) is 0 Å². The van der Waals surface area contributed by atoms with Crippen LogP contribution in [0.1, 0.15) is 23.6 Å². The molecule has 0 fully saturated rings. The van der Waals surface area contributed by atoms with E-state index in [1.54, 1.807) is 24.3 Å². The molecule has 3 aromatic rings. The van der Waals surface area contributed by atoms with Crippen molar-refractivity contribution in [2.24, 2.45) is 0 Å². The smallest absolute Gasteiger partial charge is 0.313 e. The van der Waals surface area contributed by atoms with Crippen molar-refractivity contribution in [3.8, 4) is 11.3 Å². The minimum atomic E-state index is -3.45. The lowest BCUT2D eigenvalue weighted by Crippen LogP contribution is -2.37. The molecule has 0 unspecified atom stereocenters. The van der Waals surface area contributed by atoms with E-state index in [2.05, 4.69) is 9.97 Å². The minimum absolute atomic E-state index is 0.0348. The molecule has 0 spiro atoms. The van der Waals surface area contributed by atoms with E-state index in [1.807, 2.05) is 12.1 Å². The largest absolute Gasteiger partial charge is 0.423 e. The molecule has 2 aromatic heterocycles. The first-order valence-electron chi connectivity index (χ1n) is 8.33. The van der Waals surface area contributed by atoms with Gasteiger partial charge in [-0.05, 0) is 41.8 Å². The highest BCUT2D eigenvalue weighted by Crippen LogP contribution is 2.33. The fourth-order valence-electron chi connectivity index (χ4n) is 3.04. The normalized spacial score (nSPS) is 15.6. The first-order chi connectivity index (χ1) is 13.3.